The van der Waals surface area contributed by atoms with Gasteiger partial charge in [0.2, 0.25) is 0 Å². The lowest BCUT2D eigenvalue weighted by Gasteiger charge is -2.15. The predicted molar refractivity (Wildman–Crippen MR) is 101 cm³/mol. The minimum Gasteiger partial charge on any atom is -0.383 e. The molecule has 3 aromatic rings. The monoisotopic (exact) mass is 354 g/mol. The van der Waals surface area contributed by atoms with Gasteiger partial charge in [-0.1, -0.05) is 41.9 Å². The van der Waals surface area contributed by atoms with E-state index in [0.29, 0.717) is 23.7 Å². The summed E-state index contributed by atoms with van der Waals surface area (Å²) in [7, 11) is 1.61. The Kier molecular flexibility index (Phi) is 5.31. The van der Waals surface area contributed by atoms with Crippen molar-refractivity contribution in [3.63, 3.8) is 0 Å². The topological polar surface area (TPSA) is 51.2 Å². The Hall–Kier alpha value is -2.43. The highest BCUT2D eigenvalue weighted by atomic mass is 35.5. The molecular formula is C20H19ClN2O2. The van der Waals surface area contributed by atoms with Crippen molar-refractivity contribution in [3.8, 4) is 11.3 Å². The van der Waals surface area contributed by atoms with Crippen LogP contribution >= 0.6 is 11.6 Å². The normalized spacial score (nSPS) is 10.8. The number of ether oxygens (including phenoxy) is 1. The number of rotatable bonds is 5. The Labute approximate surface area is 151 Å². The molecule has 1 aromatic heterocycles. The summed E-state index contributed by atoms with van der Waals surface area (Å²) in [5, 5.41) is 4.41. The van der Waals surface area contributed by atoms with Crippen LogP contribution in [0.5, 0.6) is 0 Å². The van der Waals surface area contributed by atoms with Gasteiger partial charge >= 0.3 is 0 Å². The maximum absolute atomic E-state index is 12.8. The van der Waals surface area contributed by atoms with E-state index in [1.54, 1.807) is 7.11 Å². The fourth-order valence-electron chi connectivity index (χ4n) is 2.84. The highest BCUT2D eigenvalue weighted by Gasteiger charge is 2.18. The van der Waals surface area contributed by atoms with Crippen molar-refractivity contribution in [2.45, 2.75) is 6.92 Å². The van der Waals surface area contributed by atoms with Crippen LogP contribution < -0.4 is 5.32 Å². The van der Waals surface area contributed by atoms with Gasteiger partial charge in [0.25, 0.3) is 5.91 Å². The van der Waals surface area contributed by atoms with Gasteiger partial charge in [-0.25, -0.2) is 4.98 Å². The minimum atomic E-state index is -0.122. The molecule has 3 rings (SSSR count). The molecule has 128 valence electrons. The van der Waals surface area contributed by atoms with Crippen molar-refractivity contribution in [1.82, 2.24) is 10.3 Å². The zero-order valence-electron chi connectivity index (χ0n) is 14.2. The Bertz CT molecular complexity index is 907. The first kappa shape index (κ1) is 17.4. The molecule has 25 heavy (non-hydrogen) atoms. The maximum atomic E-state index is 12.8. The van der Waals surface area contributed by atoms with Gasteiger partial charge in [-0.2, -0.15) is 0 Å². The summed E-state index contributed by atoms with van der Waals surface area (Å²) < 4.78 is 5.01. The first-order valence-corrected chi connectivity index (χ1v) is 8.42. The first-order chi connectivity index (χ1) is 12.1. The van der Waals surface area contributed by atoms with Gasteiger partial charge in [-0.05, 0) is 30.7 Å². The number of fused-ring (bicyclic) bond motifs is 1. The lowest BCUT2D eigenvalue weighted by atomic mass is 9.97. The van der Waals surface area contributed by atoms with Crippen LogP contribution in [0.15, 0.2) is 48.5 Å². The van der Waals surface area contributed by atoms with Gasteiger partial charge < -0.3 is 10.1 Å². The standard InChI is InChI=1S/C20H19ClN2O2/c1-13-18(20(24)22-11-12-25-2)16-5-3-4-6-17(16)23-19(13)14-7-9-15(21)10-8-14/h3-10H,11-12H2,1-2H3,(H,22,24). The predicted octanol–water partition coefficient (Wildman–Crippen LogP) is 4.24. The van der Waals surface area contributed by atoms with Gasteiger partial charge in [0.05, 0.1) is 23.4 Å². The SMILES string of the molecule is COCCNC(=O)c1c(C)c(-c2ccc(Cl)cc2)nc2ccccc12. The van der Waals surface area contributed by atoms with E-state index in [2.05, 4.69) is 5.32 Å². The van der Waals surface area contributed by atoms with E-state index in [4.69, 9.17) is 21.3 Å². The highest BCUT2D eigenvalue weighted by Crippen LogP contribution is 2.30. The molecule has 0 bridgehead atoms. The molecular weight excluding hydrogens is 336 g/mol. The molecule has 0 atom stereocenters. The van der Waals surface area contributed by atoms with Gasteiger partial charge in [0, 0.05) is 29.6 Å². The maximum Gasteiger partial charge on any atom is 0.252 e. The molecule has 0 aliphatic carbocycles. The summed E-state index contributed by atoms with van der Waals surface area (Å²) in [6.07, 6.45) is 0. The number of para-hydroxylation sites is 1. The minimum absolute atomic E-state index is 0.122. The third-order valence-corrected chi connectivity index (χ3v) is 4.32. The number of nitrogens with zero attached hydrogens (tertiary/aromatic N) is 1. The number of amides is 1. The van der Waals surface area contributed by atoms with E-state index in [1.807, 2.05) is 55.5 Å². The Morgan fingerprint density at radius 1 is 1.16 bits per heavy atom. The molecule has 0 saturated carbocycles. The van der Waals surface area contributed by atoms with Crippen molar-refractivity contribution < 1.29 is 9.53 Å². The van der Waals surface area contributed by atoms with Gasteiger partial charge in [-0.15, -0.1) is 0 Å². The van der Waals surface area contributed by atoms with Crippen molar-refractivity contribution in [2.24, 2.45) is 0 Å². The van der Waals surface area contributed by atoms with Crippen molar-refractivity contribution in [2.75, 3.05) is 20.3 Å². The van der Waals surface area contributed by atoms with Crippen LogP contribution in [0, 0.1) is 6.92 Å². The largest absolute Gasteiger partial charge is 0.383 e. The molecule has 2 aromatic carbocycles. The van der Waals surface area contributed by atoms with Crippen LogP contribution in [-0.4, -0.2) is 31.2 Å². The molecule has 0 fully saturated rings. The van der Waals surface area contributed by atoms with Crippen LogP contribution in [0.3, 0.4) is 0 Å². The van der Waals surface area contributed by atoms with E-state index in [9.17, 15) is 4.79 Å². The lowest BCUT2D eigenvalue weighted by molar-refractivity contribution is 0.0938. The van der Waals surface area contributed by atoms with Crippen LogP contribution in [0.1, 0.15) is 15.9 Å². The van der Waals surface area contributed by atoms with E-state index in [0.717, 1.165) is 27.7 Å². The average molecular weight is 355 g/mol. The van der Waals surface area contributed by atoms with Gasteiger partial charge in [-0.3, -0.25) is 4.79 Å². The van der Waals surface area contributed by atoms with Crippen LogP contribution in [0.2, 0.25) is 5.02 Å². The number of hydrogen-bond acceptors (Lipinski definition) is 3. The quantitative estimate of drug-likeness (QED) is 0.697. The number of carbonyl (C=O) groups excluding carboxylic acids is 1. The lowest BCUT2D eigenvalue weighted by Crippen LogP contribution is -2.28. The Balaban J connectivity index is 2.15. The summed E-state index contributed by atoms with van der Waals surface area (Å²) in [4.78, 5) is 17.5. The van der Waals surface area contributed by atoms with E-state index >= 15 is 0 Å². The van der Waals surface area contributed by atoms with Crippen molar-refractivity contribution >= 4 is 28.4 Å². The van der Waals surface area contributed by atoms with E-state index < -0.39 is 0 Å². The van der Waals surface area contributed by atoms with Crippen molar-refractivity contribution in [3.05, 3.63) is 64.7 Å². The molecule has 0 aliphatic heterocycles. The molecule has 0 saturated heterocycles. The highest BCUT2D eigenvalue weighted by molar-refractivity contribution is 6.30. The zero-order chi connectivity index (χ0) is 17.8. The number of benzene rings is 2. The molecule has 0 aliphatic rings. The molecule has 1 N–H and O–H groups in total. The first-order valence-electron chi connectivity index (χ1n) is 8.04. The molecule has 0 radical (unpaired) electrons. The molecule has 0 spiro atoms. The fraction of sp³-hybridized carbons (Fsp3) is 0.200. The molecule has 5 heteroatoms. The number of carbonyl (C=O) groups is 1. The van der Waals surface area contributed by atoms with Crippen LogP contribution in [0.25, 0.3) is 22.2 Å². The summed E-state index contributed by atoms with van der Waals surface area (Å²) in [5.41, 5.74) is 3.99. The second-order valence-corrected chi connectivity index (χ2v) is 6.17. The fourth-order valence-corrected chi connectivity index (χ4v) is 2.97. The second kappa shape index (κ2) is 7.64. The average Bonchev–Trinajstić information content (AvgIpc) is 2.62. The smallest absolute Gasteiger partial charge is 0.252 e. The number of aromatic nitrogens is 1. The third kappa shape index (κ3) is 3.65. The molecule has 0 unspecified atom stereocenters. The number of halogens is 1. The van der Waals surface area contributed by atoms with Crippen LogP contribution in [-0.2, 0) is 4.74 Å². The summed E-state index contributed by atoms with van der Waals surface area (Å²) >= 11 is 5.99. The van der Waals surface area contributed by atoms with Crippen LogP contribution in [0.4, 0.5) is 0 Å². The van der Waals surface area contributed by atoms with Gasteiger partial charge in [0.15, 0.2) is 0 Å². The number of hydrogen-bond donors (Lipinski definition) is 1. The molecule has 1 amide bonds. The number of nitrogens with one attached hydrogen (secondary N) is 1. The summed E-state index contributed by atoms with van der Waals surface area (Å²) in [5.74, 6) is -0.122. The molecule has 1 heterocycles. The third-order valence-electron chi connectivity index (χ3n) is 4.07. The second-order valence-electron chi connectivity index (χ2n) is 5.73. The van der Waals surface area contributed by atoms with Gasteiger partial charge in [0.1, 0.15) is 0 Å². The number of methoxy groups -OCH3 is 1. The molecule has 4 nitrogen and oxygen atoms in total. The summed E-state index contributed by atoms with van der Waals surface area (Å²) in [6.45, 7) is 2.86. The zero-order valence-corrected chi connectivity index (χ0v) is 14.9. The number of pyridine rings is 1. The van der Waals surface area contributed by atoms with Crippen molar-refractivity contribution in [1.29, 1.82) is 0 Å². The Morgan fingerprint density at radius 2 is 1.88 bits per heavy atom. The van der Waals surface area contributed by atoms with E-state index in [-0.39, 0.29) is 5.91 Å². The summed E-state index contributed by atoms with van der Waals surface area (Å²) in [6, 6.07) is 15.2. The van der Waals surface area contributed by atoms with E-state index in [1.165, 1.54) is 0 Å². The Morgan fingerprint density at radius 3 is 2.60 bits per heavy atom.